The monoisotopic (exact) mass is 877 g/mol. The Morgan fingerprint density at radius 3 is 1.85 bits per heavy atom. The van der Waals surface area contributed by atoms with E-state index in [-0.39, 0.29) is 32.2 Å². The van der Waals surface area contributed by atoms with Crippen molar-refractivity contribution in [1.29, 1.82) is 0 Å². The number of phenolic OH excluding ortho intramolecular Hbond substituents is 1. The van der Waals surface area contributed by atoms with Crippen molar-refractivity contribution < 1.29 is 26.2 Å². The largest absolute Gasteiger partial charge is 2.00 e. The van der Waals surface area contributed by atoms with Gasteiger partial charge in [0.15, 0.2) is 0 Å². The molecule has 1 spiro atoms. The van der Waals surface area contributed by atoms with E-state index in [0.717, 1.165) is 87.2 Å². The van der Waals surface area contributed by atoms with Gasteiger partial charge in [-0.05, 0) is 96.0 Å². The second-order valence-corrected chi connectivity index (χ2v) is 15.1. The normalized spacial score (nSPS) is 13.9. The van der Waals surface area contributed by atoms with Gasteiger partial charge in [-0.2, -0.15) is 0 Å². The molecule has 0 atom stereocenters. The topological polar surface area (TPSA) is 38.0 Å². The molecular weight excluding hydrogens is 840 g/mol. The van der Waals surface area contributed by atoms with E-state index >= 15 is 0 Å². The predicted molar refractivity (Wildman–Crippen MR) is 215 cm³/mol. The minimum absolute atomic E-state index is 0. The van der Waals surface area contributed by atoms with Gasteiger partial charge in [-0.1, -0.05) is 96.1 Å². The number of aromatic nitrogens is 2. The molecule has 1 aromatic heterocycles. The van der Waals surface area contributed by atoms with Gasteiger partial charge >= 0.3 is 21.1 Å². The summed E-state index contributed by atoms with van der Waals surface area (Å²) in [5.41, 5.74) is 18.6. The number of hydrogen-bond acceptors (Lipinski definition) is 2. The van der Waals surface area contributed by atoms with Crippen LogP contribution in [0.1, 0.15) is 33.4 Å². The van der Waals surface area contributed by atoms with E-state index in [1.807, 2.05) is 36.4 Å². The van der Waals surface area contributed by atoms with Crippen molar-refractivity contribution >= 4 is 11.0 Å². The van der Waals surface area contributed by atoms with Crippen molar-refractivity contribution in [3.05, 3.63) is 185 Å². The average Bonchev–Trinajstić information content (AvgIpc) is 3.86. The van der Waals surface area contributed by atoms with Crippen LogP contribution < -0.4 is 0 Å². The zero-order chi connectivity index (χ0) is 35.7. The Kier molecular flexibility index (Phi) is 8.51. The molecule has 10 rings (SSSR count). The fraction of sp³-hybridized carbons (Fsp3) is 0.140. The molecular formula is C50H38N2OPt. The summed E-state index contributed by atoms with van der Waals surface area (Å²) in [7, 11) is 0. The fourth-order valence-electron chi connectivity index (χ4n) is 9.26. The fourth-order valence-corrected chi connectivity index (χ4v) is 9.26. The number of fused-ring (bicyclic) bond motifs is 3. The van der Waals surface area contributed by atoms with Crippen molar-refractivity contribution in [1.82, 2.24) is 9.55 Å². The maximum atomic E-state index is 10.8. The van der Waals surface area contributed by atoms with E-state index in [0.29, 0.717) is 0 Å². The number of rotatable bonds is 5. The van der Waals surface area contributed by atoms with Gasteiger partial charge in [-0.3, -0.25) is 4.98 Å². The summed E-state index contributed by atoms with van der Waals surface area (Å²) in [6.45, 7) is 4.36. The maximum absolute atomic E-state index is 10.8. The van der Waals surface area contributed by atoms with E-state index in [9.17, 15) is 5.11 Å². The molecule has 0 radical (unpaired) electrons. The number of hydrogen-bond donors (Lipinski definition) is 1. The summed E-state index contributed by atoms with van der Waals surface area (Å²) in [5.74, 6) is 1.13. The second-order valence-electron chi connectivity index (χ2n) is 15.1. The summed E-state index contributed by atoms with van der Waals surface area (Å²) >= 11 is 0. The van der Waals surface area contributed by atoms with Crippen LogP contribution in [0.5, 0.6) is 5.75 Å². The summed E-state index contributed by atoms with van der Waals surface area (Å²) < 4.78 is 2.33. The Hall–Kier alpha value is -5.50. The first-order valence-corrected chi connectivity index (χ1v) is 18.5. The number of benzene rings is 7. The number of aromatic hydroxyl groups is 1. The van der Waals surface area contributed by atoms with Crippen LogP contribution in [0.3, 0.4) is 0 Å². The SMILES string of the molecule is Cc1cccc(C)c1-n1c(-c2[c-]cccc2)nc2c(-c3cc4c(cc3-c3[c-]c(-c5ccccc5O)ccc3)CC3(Cc5ccccc5C3)C4)cccc21.[Pt+2]. The van der Waals surface area contributed by atoms with E-state index < -0.39 is 0 Å². The predicted octanol–water partition coefficient (Wildman–Crippen LogP) is 11.5. The molecule has 0 amide bonds. The zero-order valence-corrected chi connectivity index (χ0v) is 32.5. The van der Waals surface area contributed by atoms with Gasteiger partial charge in [-0.15, -0.1) is 71.3 Å². The number of nitrogens with zero attached hydrogens (tertiary/aromatic N) is 2. The van der Waals surface area contributed by atoms with E-state index in [1.54, 1.807) is 6.07 Å². The smallest absolute Gasteiger partial charge is 0.515 e. The van der Waals surface area contributed by atoms with E-state index in [1.165, 1.54) is 33.4 Å². The molecule has 7 aromatic carbocycles. The van der Waals surface area contributed by atoms with Gasteiger partial charge in [0, 0.05) is 11.3 Å². The molecule has 1 heterocycles. The van der Waals surface area contributed by atoms with E-state index in [4.69, 9.17) is 4.98 Å². The molecule has 264 valence electrons. The minimum atomic E-state index is 0. The van der Waals surface area contributed by atoms with Crippen LogP contribution in [0.15, 0.2) is 140 Å². The molecule has 0 unspecified atom stereocenters. The molecule has 2 aliphatic carbocycles. The van der Waals surface area contributed by atoms with Crippen molar-refractivity contribution in [2.45, 2.75) is 39.5 Å². The number of aryl methyl sites for hydroxylation is 2. The standard InChI is InChI=1S/C50H38N2O.Pt/c1-32-13-10-14-33(2)48(32)52-45-23-12-22-42(47(45)51-49(52)34-15-4-3-5-16-34)44-27-40-31-50(28-37-17-6-7-18-38(37)29-50)30-39(40)26-43(44)36-20-11-19-35(25-36)41-21-8-9-24-46(41)53;/h3-15,17-24,26-27,53H,28-31H2,1-2H3;/q-2;+2. The first kappa shape index (κ1) is 34.3. The molecule has 8 aromatic rings. The van der Waals surface area contributed by atoms with Gasteiger partial charge in [0.2, 0.25) is 0 Å². The molecule has 0 saturated carbocycles. The van der Waals surface area contributed by atoms with Crippen LogP contribution in [0, 0.1) is 31.4 Å². The van der Waals surface area contributed by atoms with Crippen LogP contribution >= 0.6 is 0 Å². The van der Waals surface area contributed by atoms with Gasteiger partial charge in [0.1, 0.15) is 0 Å². The van der Waals surface area contributed by atoms with Crippen LogP contribution in [-0.2, 0) is 46.7 Å². The summed E-state index contributed by atoms with van der Waals surface area (Å²) in [5, 5.41) is 10.8. The third-order valence-electron chi connectivity index (χ3n) is 11.6. The Labute approximate surface area is 331 Å². The first-order chi connectivity index (χ1) is 25.9. The molecule has 1 N–H and O–H groups in total. The van der Waals surface area contributed by atoms with Crippen molar-refractivity contribution in [2.75, 3.05) is 0 Å². The Balaban J connectivity index is 0.00000384. The van der Waals surface area contributed by atoms with Crippen LogP contribution in [0.2, 0.25) is 0 Å². The Morgan fingerprint density at radius 2 is 1.15 bits per heavy atom. The summed E-state index contributed by atoms with van der Waals surface area (Å²) in [4.78, 5) is 5.51. The summed E-state index contributed by atoms with van der Waals surface area (Å²) in [6, 6.07) is 56.1. The van der Waals surface area contributed by atoms with Crippen LogP contribution in [-0.4, -0.2) is 14.7 Å². The van der Waals surface area contributed by atoms with Crippen molar-refractivity contribution in [3.8, 4) is 56.2 Å². The Bertz CT molecular complexity index is 2680. The second kappa shape index (κ2) is 13.4. The molecule has 4 heteroatoms. The van der Waals surface area contributed by atoms with Gasteiger partial charge < -0.3 is 9.67 Å². The number of imidazole rings is 1. The molecule has 0 fully saturated rings. The maximum Gasteiger partial charge on any atom is 2.00 e. The van der Waals surface area contributed by atoms with Gasteiger partial charge in [0.25, 0.3) is 0 Å². The zero-order valence-electron chi connectivity index (χ0n) is 30.3. The Morgan fingerprint density at radius 1 is 0.574 bits per heavy atom. The molecule has 54 heavy (non-hydrogen) atoms. The number of phenols is 1. The van der Waals surface area contributed by atoms with Crippen molar-refractivity contribution in [3.63, 3.8) is 0 Å². The number of para-hydroxylation sites is 3. The van der Waals surface area contributed by atoms with Crippen LogP contribution in [0.4, 0.5) is 0 Å². The van der Waals surface area contributed by atoms with E-state index in [2.05, 4.69) is 128 Å². The molecule has 0 bridgehead atoms. The van der Waals surface area contributed by atoms with Gasteiger partial charge in [0.05, 0.1) is 22.6 Å². The molecule has 0 aliphatic heterocycles. The minimum Gasteiger partial charge on any atom is -0.515 e. The average molecular weight is 878 g/mol. The molecule has 0 saturated heterocycles. The van der Waals surface area contributed by atoms with Crippen LogP contribution in [0.25, 0.3) is 61.5 Å². The van der Waals surface area contributed by atoms with Crippen molar-refractivity contribution in [2.24, 2.45) is 5.41 Å². The molecule has 3 nitrogen and oxygen atoms in total. The third kappa shape index (κ3) is 5.65. The third-order valence-corrected chi connectivity index (χ3v) is 11.6. The van der Waals surface area contributed by atoms with Gasteiger partial charge in [-0.25, -0.2) is 0 Å². The quantitative estimate of drug-likeness (QED) is 0.175. The summed E-state index contributed by atoms with van der Waals surface area (Å²) in [6.07, 6.45) is 4.35. The first-order valence-electron chi connectivity index (χ1n) is 18.5. The molecule has 2 aliphatic rings.